The summed E-state index contributed by atoms with van der Waals surface area (Å²) >= 11 is 3.77. The molecule has 0 amide bonds. The van der Waals surface area contributed by atoms with Gasteiger partial charge in [-0.1, -0.05) is 97.1 Å². The molecule has 11 aromatic rings. The highest BCUT2D eigenvalue weighted by atomic mass is 32.1. The molecule has 0 fully saturated rings. The second-order valence-corrected chi connectivity index (χ2v) is 15.3. The molecular formula is C47H28N2S2. The van der Waals surface area contributed by atoms with E-state index in [1.165, 1.54) is 78.4 Å². The number of thiophene rings is 2. The summed E-state index contributed by atoms with van der Waals surface area (Å²) in [6.45, 7) is 0. The highest BCUT2D eigenvalue weighted by Gasteiger charge is 2.17. The van der Waals surface area contributed by atoms with E-state index in [-0.39, 0.29) is 0 Å². The van der Waals surface area contributed by atoms with Crippen molar-refractivity contribution < 1.29 is 0 Å². The van der Waals surface area contributed by atoms with Crippen LogP contribution in [0.5, 0.6) is 0 Å². The minimum absolute atomic E-state index is 1.12. The number of hydrogen-bond donors (Lipinski definition) is 0. The lowest BCUT2D eigenvalue weighted by Gasteiger charge is -2.26. The van der Waals surface area contributed by atoms with E-state index in [4.69, 9.17) is 0 Å². The van der Waals surface area contributed by atoms with Gasteiger partial charge in [0.15, 0.2) is 0 Å². The summed E-state index contributed by atoms with van der Waals surface area (Å²) in [6.07, 6.45) is 3.79. The van der Waals surface area contributed by atoms with Crippen molar-refractivity contribution >= 4 is 112 Å². The van der Waals surface area contributed by atoms with Crippen molar-refractivity contribution in [1.29, 1.82) is 0 Å². The number of aromatic nitrogens is 1. The van der Waals surface area contributed by atoms with Gasteiger partial charge in [-0.05, 0) is 98.7 Å². The zero-order valence-corrected chi connectivity index (χ0v) is 29.0. The topological polar surface area (TPSA) is 16.1 Å². The molecule has 0 unspecified atom stereocenters. The Hall–Kier alpha value is -6.07. The molecule has 3 aromatic heterocycles. The standard InChI is InChI=1S/C47H28N2S2/c1-3-7-44-40(5-1)42-19-13-32-26-36(17-21-38(32)46(42)50-44)49(35-15-11-29(12-16-35)31-10-9-30-23-24-48-28-34(30)25-31)37-18-22-39-33(27-37)14-20-43-41-6-2-4-8-45(41)51-47(39)43/h1-28H. The van der Waals surface area contributed by atoms with Crippen LogP contribution < -0.4 is 4.90 Å². The highest BCUT2D eigenvalue weighted by Crippen LogP contribution is 2.44. The van der Waals surface area contributed by atoms with E-state index < -0.39 is 0 Å². The summed E-state index contributed by atoms with van der Waals surface area (Å²) in [4.78, 5) is 6.75. The van der Waals surface area contributed by atoms with Gasteiger partial charge < -0.3 is 4.90 Å². The molecule has 8 aromatic carbocycles. The highest BCUT2D eigenvalue weighted by molar-refractivity contribution is 7.27. The van der Waals surface area contributed by atoms with Gasteiger partial charge in [0.05, 0.1) is 0 Å². The number of hydrogen-bond acceptors (Lipinski definition) is 4. The summed E-state index contributed by atoms with van der Waals surface area (Å²) < 4.78 is 5.36. The number of rotatable bonds is 4. The quantitative estimate of drug-likeness (QED) is 0.183. The van der Waals surface area contributed by atoms with Crippen molar-refractivity contribution in [3.63, 3.8) is 0 Å². The van der Waals surface area contributed by atoms with Crippen molar-refractivity contribution in [2.45, 2.75) is 0 Å². The largest absolute Gasteiger partial charge is 0.310 e. The monoisotopic (exact) mass is 684 g/mol. The number of benzene rings is 8. The minimum atomic E-state index is 1.12. The number of fused-ring (bicyclic) bond motifs is 11. The summed E-state index contributed by atoms with van der Waals surface area (Å²) in [5.74, 6) is 0. The second-order valence-electron chi connectivity index (χ2n) is 13.2. The molecular weight excluding hydrogens is 657 g/mol. The molecule has 0 aliphatic carbocycles. The molecule has 51 heavy (non-hydrogen) atoms. The van der Waals surface area contributed by atoms with Crippen molar-refractivity contribution in [3.05, 3.63) is 170 Å². The van der Waals surface area contributed by atoms with Crippen LogP contribution in [0.2, 0.25) is 0 Å². The lowest BCUT2D eigenvalue weighted by Crippen LogP contribution is -2.09. The van der Waals surface area contributed by atoms with Gasteiger partial charge in [-0.3, -0.25) is 4.98 Å². The Morgan fingerprint density at radius 1 is 0.373 bits per heavy atom. The zero-order chi connectivity index (χ0) is 33.5. The first-order valence-electron chi connectivity index (χ1n) is 17.2. The van der Waals surface area contributed by atoms with E-state index in [1.54, 1.807) is 0 Å². The number of anilines is 3. The molecule has 0 aliphatic heterocycles. The predicted octanol–water partition coefficient (Wildman–Crippen LogP) is 14.4. The van der Waals surface area contributed by atoms with Crippen molar-refractivity contribution in [3.8, 4) is 11.1 Å². The maximum Gasteiger partial charge on any atom is 0.0468 e. The van der Waals surface area contributed by atoms with Crippen molar-refractivity contribution in [1.82, 2.24) is 4.98 Å². The fourth-order valence-electron chi connectivity index (χ4n) is 7.79. The van der Waals surface area contributed by atoms with E-state index >= 15 is 0 Å². The number of pyridine rings is 1. The Morgan fingerprint density at radius 3 is 1.53 bits per heavy atom. The second kappa shape index (κ2) is 11.2. The lowest BCUT2D eigenvalue weighted by molar-refractivity contribution is 1.29. The first kappa shape index (κ1) is 28.7. The van der Waals surface area contributed by atoms with E-state index in [9.17, 15) is 0 Å². The molecule has 3 heterocycles. The van der Waals surface area contributed by atoms with Crippen molar-refractivity contribution in [2.75, 3.05) is 4.90 Å². The molecule has 11 rings (SSSR count). The molecule has 0 atom stereocenters. The third-order valence-electron chi connectivity index (χ3n) is 10.3. The maximum absolute atomic E-state index is 4.35. The van der Waals surface area contributed by atoms with Crippen LogP contribution in [0.3, 0.4) is 0 Å². The molecule has 4 heteroatoms. The first-order valence-corrected chi connectivity index (χ1v) is 18.8. The van der Waals surface area contributed by atoms with Crippen LogP contribution in [0.1, 0.15) is 0 Å². The number of nitrogens with zero attached hydrogens (tertiary/aromatic N) is 2. The molecule has 0 aliphatic rings. The van der Waals surface area contributed by atoms with E-state index in [0.29, 0.717) is 0 Å². The molecule has 0 N–H and O–H groups in total. The van der Waals surface area contributed by atoms with E-state index in [0.717, 1.165) is 22.4 Å². The summed E-state index contributed by atoms with van der Waals surface area (Å²) in [7, 11) is 0. The summed E-state index contributed by atoms with van der Waals surface area (Å²) in [5.41, 5.74) is 5.75. The summed E-state index contributed by atoms with van der Waals surface area (Å²) in [6, 6.07) is 58.2. The van der Waals surface area contributed by atoms with Crippen molar-refractivity contribution in [2.24, 2.45) is 0 Å². The van der Waals surface area contributed by atoms with Gasteiger partial charge in [-0.15, -0.1) is 22.7 Å². The van der Waals surface area contributed by atoms with Crippen LogP contribution in [0, 0.1) is 0 Å². The van der Waals surface area contributed by atoms with Gasteiger partial charge in [-0.2, -0.15) is 0 Å². The van der Waals surface area contributed by atoms with Gasteiger partial charge in [0.2, 0.25) is 0 Å². The van der Waals surface area contributed by atoms with E-state index in [2.05, 4.69) is 168 Å². The Labute approximate surface area is 302 Å². The Balaban J connectivity index is 1.07. The van der Waals surface area contributed by atoms with Crippen LogP contribution in [-0.2, 0) is 0 Å². The van der Waals surface area contributed by atoms with Crippen LogP contribution >= 0.6 is 22.7 Å². The fraction of sp³-hybridized carbons (Fsp3) is 0. The lowest BCUT2D eigenvalue weighted by atomic mass is 10.0. The smallest absolute Gasteiger partial charge is 0.0468 e. The molecule has 0 saturated heterocycles. The van der Waals surface area contributed by atoms with Gasteiger partial charge in [-0.25, -0.2) is 0 Å². The van der Waals surface area contributed by atoms with Crippen LogP contribution in [0.25, 0.3) is 83.8 Å². The maximum atomic E-state index is 4.35. The van der Waals surface area contributed by atoms with Crippen LogP contribution in [0.4, 0.5) is 17.1 Å². The molecule has 238 valence electrons. The Bertz CT molecular complexity index is 3000. The normalized spacial score (nSPS) is 11.9. The average Bonchev–Trinajstić information content (AvgIpc) is 3.77. The Kier molecular flexibility index (Phi) is 6.32. The SMILES string of the molecule is c1ccc2c(c1)sc1c3ccc(N(c4ccc(-c5ccc6ccncc6c5)cc4)c4ccc5c(ccc6c7ccccc7sc56)c4)cc3ccc21. The summed E-state index contributed by atoms with van der Waals surface area (Å²) in [5, 5.41) is 12.7. The Morgan fingerprint density at radius 2 is 0.902 bits per heavy atom. The van der Waals surface area contributed by atoms with Gasteiger partial charge in [0.25, 0.3) is 0 Å². The third kappa shape index (κ3) is 4.58. The van der Waals surface area contributed by atoms with Gasteiger partial charge in [0, 0.05) is 75.2 Å². The van der Waals surface area contributed by atoms with E-state index in [1.807, 2.05) is 35.1 Å². The van der Waals surface area contributed by atoms with Gasteiger partial charge >= 0.3 is 0 Å². The minimum Gasteiger partial charge on any atom is -0.310 e. The zero-order valence-electron chi connectivity index (χ0n) is 27.4. The molecule has 0 saturated carbocycles. The molecule has 0 spiro atoms. The molecule has 0 radical (unpaired) electrons. The average molecular weight is 685 g/mol. The van der Waals surface area contributed by atoms with Crippen LogP contribution in [-0.4, -0.2) is 4.98 Å². The molecule has 0 bridgehead atoms. The first-order chi connectivity index (χ1) is 25.2. The predicted molar refractivity (Wildman–Crippen MR) is 223 cm³/mol. The van der Waals surface area contributed by atoms with Crippen LogP contribution in [0.15, 0.2) is 170 Å². The fourth-order valence-corrected chi connectivity index (χ4v) is 10.3. The third-order valence-corrected chi connectivity index (χ3v) is 12.7. The molecule has 2 nitrogen and oxygen atoms in total. The van der Waals surface area contributed by atoms with Gasteiger partial charge in [0.1, 0.15) is 0 Å².